The molecule has 1 N–H and O–H groups in total. The second-order valence-corrected chi connectivity index (χ2v) is 8.51. The monoisotopic (exact) mass is 434 g/mol. The van der Waals surface area contributed by atoms with Gasteiger partial charge >= 0.3 is 0 Å². The highest BCUT2D eigenvalue weighted by atomic mass is 32.2. The van der Waals surface area contributed by atoms with Gasteiger partial charge in [-0.15, -0.1) is 0 Å². The Balaban J connectivity index is 1.96. The lowest BCUT2D eigenvalue weighted by Crippen LogP contribution is -2.24. The highest BCUT2D eigenvalue weighted by Crippen LogP contribution is 2.20. The molecule has 0 bridgehead atoms. The lowest BCUT2D eigenvalue weighted by molar-refractivity contribution is 0.102. The summed E-state index contributed by atoms with van der Waals surface area (Å²) < 4.78 is 1.65. The third kappa shape index (κ3) is 5.53. The molecular formula is C24H26N4O2S. The fraction of sp³-hybridized carbons (Fsp3) is 0.333. The number of anilines is 1. The molecule has 0 atom stereocenters. The Hall–Kier alpha value is -3.11. The minimum atomic E-state index is -0.257. The third-order valence-corrected chi connectivity index (χ3v) is 5.76. The van der Waals surface area contributed by atoms with Gasteiger partial charge in [-0.05, 0) is 61.7 Å². The summed E-state index contributed by atoms with van der Waals surface area (Å²) in [4.78, 5) is 30.5. The largest absolute Gasteiger partial charge is 0.322 e. The maximum absolute atomic E-state index is 13.1. The molecule has 0 spiro atoms. The van der Waals surface area contributed by atoms with Gasteiger partial charge in [0.15, 0.2) is 5.16 Å². The van der Waals surface area contributed by atoms with Crippen molar-refractivity contribution in [3.05, 3.63) is 63.4 Å². The number of nitrogens with one attached hydrogen (secondary N) is 1. The summed E-state index contributed by atoms with van der Waals surface area (Å²) in [6.45, 7) is 6.64. The molecule has 1 aromatic heterocycles. The number of fused-ring (bicyclic) bond motifs is 1. The van der Waals surface area contributed by atoms with E-state index < -0.39 is 0 Å². The SMILES string of the molecule is CCCCCn1c(SCC#N)nc2cc(C(=O)Nc3cc(C)cc(C)c3)ccc2c1=O. The number of hydrogen-bond acceptors (Lipinski definition) is 5. The van der Waals surface area contributed by atoms with E-state index in [9.17, 15) is 9.59 Å². The van der Waals surface area contributed by atoms with Gasteiger partial charge < -0.3 is 5.32 Å². The van der Waals surface area contributed by atoms with Crippen molar-refractivity contribution in [2.24, 2.45) is 0 Å². The lowest BCUT2D eigenvalue weighted by Gasteiger charge is -2.13. The number of carbonyl (C=O) groups is 1. The van der Waals surface area contributed by atoms with E-state index in [0.29, 0.717) is 28.2 Å². The molecule has 0 radical (unpaired) electrons. The third-order valence-electron chi connectivity index (χ3n) is 4.91. The van der Waals surface area contributed by atoms with Gasteiger partial charge in [0, 0.05) is 17.8 Å². The normalized spacial score (nSPS) is 10.8. The van der Waals surface area contributed by atoms with E-state index in [1.807, 2.05) is 32.0 Å². The van der Waals surface area contributed by atoms with E-state index in [4.69, 9.17) is 5.26 Å². The van der Waals surface area contributed by atoms with Crippen LogP contribution in [-0.4, -0.2) is 21.2 Å². The number of nitrogens with zero attached hydrogens (tertiary/aromatic N) is 3. The van der Waals surface area contributed by atoms with Gasteiger partial charge in [0.05, 0.1) is 22.7 Å². The fourth-order valence-electron chi connectivity index (χ4n) is 3.52. The molecule has 3 aromatic rings. The van der Waals surface area contributed by atoms with Crippen LogP contribution >= 0.6 is 11.8 Å². The lowest BCUT2D eigenvalue weighted by atomic mass is 10.1. The van der Waals surface area contributed by atoms with Gasteiger partial charge in [0.1, 0.15) is 0 Å². The Morgan fingerprint density at radius 1 is 1.16 bits per heavy atom. The number of hydrogen-bond donors (Lipinski definition) is 1. The minimum absolute atomic E-state index is 0.136. The first-order valence-electron chi connectivity index (χ1n) is 10.4. The molecule has 0 saturated heterocycles. The summed E-state index contributed by atoms with van der Waals surface area (Å²) in [5.41, 5.74) is 3.62. The van der Waals surface area contributed by atoms with Gasteiger partial charge in [0.25, 0.3) is 11.5 Å². The maximum Gasteiger partial charge on any atom is 0.262 e. The summed E-state index contributed by atoms with van der Waals surface area (Å²) in [7, 11) is 0. The van der Waals surface area contributed by atoms with Crippen molar-refractivity contribution >= 4 is 34.3 Å². The number of rotatable bonds is 8. The zero-order valence-corrected chi connectivity index (χ0v) is 18.9. The number of benzene rings is 2. The molecular weight excluding hydrogens is 408 g/mol. The zero-order valence-electron chi connectivity index (χ0n) is 18.1. The van der Waals surface area contributed by atoms with Crippen molar-refractivity contribution in [3.8, 4) is 6.07 Å². The number of nitriles is 1. The van der Waals surface area contributed by atoms with Crippen molar-refractivity contribution in [1.82, 2.24) is 9.55 Å². The quantitative estimate of drug-likeness (QED) is 0.304. The molecule has 160 valence electrons. The number of unbranched alkanes of at least 4 members (excludes halogenated alkanes) is 2. The van der Waals surface area contributed by atoms with Gasteiger partial charge in [-0.25, -0.2) is 4.98 Å². The summed E-state index contributed by atoms with van der Waals surface area (Å²) >= 11 is 1.24. The molecule has 31 heavy (non-hydrogen) atoms. The second kappa shape index (κ2) is 10.3. The van der Waals surface area contributed by atoms with Crippen LogP contribution in [0.5, 0.6) is 0 Å². The number of aromatic nitrogens is 2. The van der Waals surface area contributed by atoms with Crippen LogP contribution in [0, 0.1) is 25.2 Å². The average Bonchev–Trinajstić information content (AvgIpc) is 2.73. The van der Waals surface area contributed by atoms with E-state index in [-0.39, 0.29) is 17.2 Å². The van der Waals surface area contributed by atoms with Crippen LogP contribution in [0.15, 0.2) is 46.3 Å². The van der Waals surface area contributed by atoms with E-state index in [1.54, 1.807) is 22.8 Å². The number of amides is 1. The van der Waals surface area contributed by atoms with Crippen LogP contribution in [0.2, 0.25) is 0 Å². The Kier molecular flexibility index (Phi) is 7.48. The number of aryl methyl sites for hydroxylation is 2. The average molecular weight is 435 g/mol. The molecule has 0 fully saturated rings. The first-order valence-corrected chi connectivity index (χ1v) is 11.4. The first-order chi connectivity index (χ1) is 14.9. The van der Waals surface area contributed by atoms with Crippen LogP contribution in [-0.2, 0) is 6.54 Å². The Labute approximate surface area is 186 Å². The maximum atomic E-state index is 13.1. The van der Waals surface area contributed by atoms with Gasteiger partial charge in [-0.1, -0.05) is 37.6 Å². The molecule has 7 heteroatoms. The van der Waals surface area contributed by atoms with E-state index in [1.165, 1.54) is 11.8 Å². The highest BCUT2D eigenvalue weighted by molar-refractivity contribution is 7.99. The zero-order chi connectivity index (χ0) is 22.4. The van der Waals surface area contributed by atoms with E-state index in [2.05, 4.69) is 23.3 Å². The van der Waals surface area contributed by atoms with Gasteiger partial charge in [0.2, 0.25) is 0 Å². The molecule has 0 saturated carbocycles. The van der Waals surface area contributed by atoms with Crippen molar-refractivity contribution in [3.63, 3.8) is 0 Å². The predicted octanol–water partition coefficient (Wildman–Crippen LogP) is 5.07. The minimum Gasteiger partial charge on any atom is -0.322 e. The molecule has 1 heterocycles. The molecule has 0 unspecified atom stereocenters. The van der Waals surface area contributed by atoms with Gasteiger partial charge in [-0.3, -0.25) is 14.2 Å². The van der Waals surface area contributed by atoms with E-state index in [0.717, 1.165) is 36.1 Å². The van der Waals surface area contributed by atoms with Crippen LogP contribution < -0.4 is 10.9 Å². The van der Waals surface area contributed by atoms with Crippen molar-refractivity contribution < 1.29 is 4.79 Å². The van der Waals surface area contributed by atoms with E-state index >= 15 is 0 Å². The van der Waals surface area contributed by atoms with Crippen molar-refractivity contribution in [1.29, 1.82) is 5.26 Å². The van der Waals surface area contributed by atoms with Crippen LogP contribution in [0.4, 0.5) is 5.69 Å². The molecule has 1 amide bonds. The molecule has 0 aliphatic heterocycles. The topological polar surface area (TPSA) is 87.8 Å². The summed E-state index contributed by atoms with van der Waals surface area (Å²) in [5, 5.41) is 12.9. The molecule has 6 nitrogen and oxygen atoms in total. The summed E-state index contributed by atoms with van der Waals surface area (Å²) in [6, 6.07) is 12.9. The number of carbonyl (C=O) groups excluding carboxylic acids is 1. The Bertz CT molecular complexity index is 1190. The highest BCUT2D eigenvalue weighted by Gasteiger charge is 2.14. The number of thioether (sulfide) groups is 1. The molecule has 2 aromatic carbocycles. The smallest absolute Gasteiger partial charge is 0.262 e. The summed E-state index contributed by atoms with van der Waals surface area (Å²) in [6.07, 6.45) is 2.94. The predicted molar refractivity (Wildman–Crippen MR) is 126 cm³/mol. The molecule has 0 aliphatic rings. The molecule has 0 aliphatic carbocycles. The van der Waals surface area contributed by atoms with Crippen molar-refractivity contribution in [2.75, 3.05) is 11.1 Å². The molecule has 3 rings (SSSR count). The first kappa shape index (κ1) is 22.6. The van der Waals surface area contributed by atoms with Crippen LogP contribution in [0.1, 0.15) is 47.7 Å². The standard InChI is InChI=1S/C24H26N4O2S/c1-4-5-6-10-28-23(30)20-8-7-18(15-21(20)27-24(28)31-11-9-25)22(29)26-19-13-16(2)12-17(3)14-19/h7-8,12-15H,4-6,10-11H2,1-3H3,(H,26,29). The van der Waals surface area contributed by atoms with Crippen molar-refractivity contribution in [2.45, 2.75) is 51.7 Å². The second-order valence-electron chi connectivity index (χ2n) is 7.57. The Morgan fingerprint density at radius 2 is 1.90 bits per heavy atom. The fourth-order valence-corrected chi connectivity index (χ4v) is 4.20. The van der Waals surface area contributed by atoms with Crippen LogP contribution in [0.3, 0.4) is 0 Å². The van der Waals surface area contributed by atoms with Crippen LogP contribution in [0.25, 0.3) is 10.9 Å². The Morgan fingerprint density at radius 3 is 2.58 bits per heavy atom. The summed E-state index contributed by atoms with van der Waals surface area (Å²) in [5.74, 6) is -0.0504. The van der Waals surface area contributed by atoms with Gasteiger partial charge in [-0.2, -0.15) is 5.26 Å².